The van der Waals surface area contributed by atoms with Crippen molar-refractivity contribution in [3.8, 4) is 6.07 Å². The van der Waals surface area contributed by atoms with Gasteiger partial charge in [-0.25, -0.2) is 8.42 Å². The molecular weight excluding hydrogens is 360 g/mol. The fraction of sp³-hybridized carbons (Fsp3) is 0.588. The van der Waals surface area contributed by atoms with Crippen LogP contribution in [0.3, 0.4) is 0 Å². The number of hydrogen-bond acceptors (Lipinski definition) is 7. The van der Waals surface area contributed by atoms with Crippen molar-refractivity contribution in [1.29, 1.82) is 5.26 Å². The second-order valence-electron chi connectivity index (χ2n) is 6.91. The summed E-state index contributed by atoms with van der Waals surface area (Å²) in [5.41, 5.74) is -0.680. The number of fused-ring (bicyclic) bond motifs is 1. The maximum absolute atomic E-state index is 11.9. The molecule has 2 saturated heterocycles. The van der Waals surface area contributed by atoms with Gasteiger partial charge in [-0.1, -0.05) is 30.3 Å². The predicted octanol–water partition coefficient (Wildman–Crippen LogP) is 0.891. The second kappa shape index (κ2) is 6.88. The van der Waals surface area contributed by atoms with Crippen LogP contribution in [0.15, 0.2) is 30.3 Å². The van der Waals surface area contributed by atoms with E-state index in [1.807, 2.05) is 36.4 Å². The minimum Gasteiger partial charge on any atom is -0.374 e. The first kappa shape index (κ1) is 19.2. The molecule has 0 bridgehead atoms. The molecular formula is C17H22N2O6S. The van der Waals surface area contributed by atoms with Crippen molar-refractivity contribution >= 4 is 10.0 Å². The number of sulfonamides is 1. The van der Waals surface area contributed by atoms with E-state index in [-0.39, 0.29) is 6.61 Å². The van der Waals surface area contributed by atoms with Crippen LogP contribution in [0, 0.1) is 11.3 Å². The van der Waals surface area contributed by atoms with Crippen LogP contribution in [0.1, 0.15) is 19.4 Å². The van der Waals surface area contributed by atoms with E-state index in [1.54, 1.807) is 13.8 Å². The Bertz CT molecular complexity index is 791. The summed E-state index contributed by atoms with van der Waals surface area (Å²) >= 11 is 0. The van der Waals surface area contributed by atoms with Crippen molar-refractivity contribution in [2.24, 2.45) is 0 Å². The molecule has 0 spiro atoms. The Hall–Kier alpha value is -1.54. The predicted molar refractivity (Wildman–Crippen MR) is 91.1 cm³/mol. The number of ether oxygens (including phenoxy) is 4. The van der Waals surface area contributed by atoms with Gasteiger partial charge in [-0.3, -0.25) is 0 Å². The lowest BCUT2D eigenvalue weighted by Gasteiger charge is -2.32. The Kier molecular flexibility index (Phi) is 5.09. The molecule has 8 nitrogen and oxygen atoms in total. The maximum Gasteiger partial charge on any atom is 0.210 e. The largest absolute Gasteiger partial charge is 0.374 e. The molecule has 2 aliphatic rings. The molecule has 2 fully saturated rings. The molecule has 4 atom stereocenters. The lowest BCUT2D eigenvalue weighted by molar-refractivity contribution is -0.215. The Morgan fingerprint density at radius 2 is 1.96 bits per heavy atom. The minimum absolute atomic E-state index is 0.00508. The van der Waals surface area contributed by atoms with E-state index in [0.29, 0.717) is 6.61 Å². The van der Waals surface area contributed by atoms with Crippen molar-refractivity contribution in [3.63, 3.8) is 0 Å². The molecule has 0 amide bonds. The van der Waals surface area contributed by atoms with E-state index in [1.165, 1.54) is 0 Å². The lowest BCUT2D eigenvalue weighted by atomic mass is 9.91. The summed E-state index contributed by atoms with van der Waals surface area (Å²) in [6.45, 7) is 3.67. The van der Waals surface area contributed by atoms with E-state index in [2.05, 4.69) is 4.72 Å². The van der Waals surface area contributed by atoms with Gasteiger partial charge in [-0.2, -0.15) is 9.98 Å². The molecule has 1 N–H and O–H groups in total. The zero-order valence-corrected chi connectivity index (χ0v) is 15.7. The number of benzene rings is 1. The SMILES string of the molecule is CC1(C)O[C@H]2O[C@H](COCc3ccccc3)[C@@](C#N)(NS(C)(=O)=O)[C@H]2O1. The van der Waals surface area contributed by atoms with Crippen LogP contribution in [0.4, 0.5) is 0 Å². The number of nitrogens with one attached hydrogen (secondary N) is 1. The molecule has 142 valence electrons. The monoisotopic (exact) mass is 382 g/mol. The molecule has 0 saturated carbocycles. The summed E-state index contributed by atoms with van der Waals surface area (Å²) in [7, 11) is -3.71. The third-order valence-corrected chi connectivity index (χ3v) is 4.94. The molecule has 3 rings (SSSR count). The van der Waals surface area contributed by atoms with E-state index in [0.717, 1.165) is 11.8 Å². The van der Waals surface area contributed by atoms with Crippen LogP contribution in [0.5, 0.6) is 0 Å². The average molecular weight is 382 g/mol. The average Bonchev–Trinajstić information content (AvgIpc) is 2.99. The van der Waals surface area contributed by atoms with Gasteiger partial charge >= 0.3 is 0 Å². The van der Waals surface area contributed by atoms with Gasteiger partial charge in [0.25, 0.3) is 0 Å². The first-order chi connectivity index (χ1) is 12.2. The molecule has 1 aromatic rings. The highest BCUT2D eigenvalue weighted by atomic mass is 32.2. The highest BCUT2D eigenvalue weighted by Gasteiger charge is 2.65. The van der Waals surface area contributed by atoms with E-state index >= 15 is 0 Å². The highest BCUT2D eigenvalue weighted by Crippen LogP contribution is 2.43. The Balaban J connectivity index is 1.78. The summed E-state index contributed by atoms with van der Waals surface area (Å²) in [6.07, 6.45) is -1.65. The second-order valence-corrected chi connectivity index (χ2v) is 8.65. The van der Waals surface area contributed by atoms with Gasteiger partial charge in [0.1, 0.15) is 12.2 Å². The molecule has 0 unspecified atom stereocenters. The van der Waals surface area contributed by atoms with E-state index < -0.39 is 39.8 Å². The number of nitriles is 1. The number of hydrogen-bond donors (Lipinski definition) is 1. The van der Waals surface area contributed by atoms with E-state index in [4.69, 9.17) is 18.9 Å². The van der Waals surface area contributed by atoms with Crippen molar-refractivity contribution < 1.29 is 27.4 Å². The van der Waals surface area contributed by atoms with Gasteiger partial charge in [0.2, 0.25) is 10.0 Å². The van der Waals surface area contributed by atoms with Crippen LogP contribution >= 0.6 is 0 Å². The molecule has 0 aliphatic carbocycles. The van der Waals surface area contributed by atoms with Gasteiger partial charge in [-0.05, 0) is 19.4 Å². The highest BCUT2D eigenvalue weighted by molar-refractivity contribution is 7.88. The van der Waals surface area contributed by atoms with Gasteiger partial charge in [0.05, 0.1) is 25.5 Å². The van der Waals surface area contributed by atoms with Gasteiger partial charge in [0, 0.05) is 0 Å². The molecule has 0 aromatic heterocycles. The Morgan fingerprint density at radius 1 is 1.27 bits per heavy atom. The third-order valence-electron chi connectivity index (χ3n) is 4.23. The smallest absolute Gasteiger partial charge is 0.210 e. The summed E-state index contributed by atoms with van der Waals surface area (Å²) in [5, 5.41) is 9.84. The summed E-state index contributed by atoms with van der Waals surface area (Å²) < 4.78 is 49.0. The zero-order chi connectivity index (χ0) is 19.0. The van der Waals surface area contributed by atoms with Gasteiger partial charge < -0.3 is 18.9 Å². The third kappa shape index (κ3) is 3.91. The first-order valence-electron chi connectivity index (χ1n) is 8.18. The molecule has 2 heterocycles. The lowest BCUT2D eigenvalue weighted by Crippen LogP contribution is -2.61. The van der Waals surface area contributed by atoms with Crippen LogP contribution in [0.2, 0.25) is 0 Å². The van der Waals surface area contributed by atoms with E-state index in [9.17, 15) is 13.7 Å². The topological polar surface area (TPSA) is 107 Å². The van der Waals surface area contributed by atoms with Crippen molar-refractivity contribution in [2.75, 3.05) is 12.9 Å². The van der Waals surface area contributed by atoms with Crippen LogP contribution in [-0.4, -0.2) is 51.1 Å². The van der Waals surface area contributed by atoms with Crippen molar-refractivity contribution in [3.05, 3.63) is 35.9 Å². The number of nitrogens with zero attached hydrogens (tertiary/aromatic N) is 1. The quantitative estimate of drug-likeness (QED) is 0.779. The van der Waals surface area contributed by atoms with Gasteiger partial charge in [-0.15, -0.1) is 0 Å². The normalized spacial score (nSPS) is 32.9. The fourth-order valence-electron chi connectivity index (χ4n) is 3.21. The first-order valence-corrected chi connectivity index (χ1v) is 10.1. The van der Waals surface area contributed by atoms with Crippen molar-refractivity contribution in [2.45, 2.75) is 50.3 Å². The summed E-state index contributed by atoms with van der Waals surface area (Å²) in [4.78, 5) is 0. The minimum atomic E-state index is -3.71. The summed E-state index contributed by atoms with van der Waals surface area (Å²) in [5.74, 6) is -0.980. The fourth-order valence-corrected chi connectivity index (χ4v) is 4.11. The van der Waals surface area contributed by atoms with Crippen LogP contribution in [0.25, 0.3) is 0 Å². The molecule has 26 heavy (non-hydrogen) atoms. The molecule has 0 radical (unpaired) electrons. The van der Waals surface area contributed by atoms with Crippen LogP contribution < -0.4 is 4.72 Å². The molecule has 1 aromatic carbocycles. The van der Waals surface area contributed by atoms with Gasteiger partial charge in [0.15, 0.2) is 17.6 Å². The van der Waals surface area contributed by atoms with Crippen molar-refractivity contribution in [1.82, 2.24) is 4.72 Å². The summed E-state index contributed by atoms with van der Waals surface area (Å²) in [6, 6.07) is 11.5. The molecule has 2 aliphatic heterocycles. The zero-order valence-electron chi connectivity index (χ0n) is 14.8. The standard InChI is InChI=1S/C17H22N2O6S/c1-16(2)24-14-15(25-16)23-13(17(14,11-18)19-26(3,20)21)10-22-9-12-7-5-4-6-8-12/h4-8,13-15,19H,9-10H2,1-3H3/t13-,14+,15-,17-/m1/s1. The Labute approximate surface area is 153 Å². The van der Waals surface area contributed by atoms with Crippen LogP contribution in [-0.2, 0) is 35.6 Å². The Morgan fingerprint density at radius 3 is 2.58 bits per heavy atom. The number of rotatable bonds is 6. The maximum atomic E-state index is 11.9. The molecule has 9 heteroatoms.